The summed E-state index contributed by atoms with van der Waals surface area (Å²) in [6, 6.07) is 12.2. The number of anilines is 1. The van der Waals surface area contributed by atoms with Crippen molar-refractivity contribution in [3.63, 3.8) is 0 Å². The lowest BCUT2D eigenvalue weighted by atomic mass is 9.97. The number of carbonyl (C=O) groups excluding carboxylic acids is 1. The maximum atomic E-state index is 13.3. The molecule has 0 aliphatic carbocycles. The zero-order valence-corrected chi connectivity index (χ0v) is 19.3. The molecule has 168 valence electrons. The largest absolute Gasteiger partial charge is 0.339 e. The predicted molar refractivity (Wildman–Crippen MR) is 121 cm³/mol. The van der Waals surface area contributed by atoms with Gasteiger partial charge in [-0.3, -0.25) is 4.79 Å². The second kappa shape index (κ2) is 9.01. The number of aryl methyl sites for hydroxylation is 2. The quantitative estimate of drug-likeness (QED) is 0.598. The van der Waals surface area contributed by atoms with Crippen LogP contribution in [0.25, 0.3) is 11.4 Å². The van der Waals surface area contributed by atoms with Gasteiger partial charge in [0.05, 0.1) is 5.02 Å². The first-order chi connectivity index (χ1) is 15.2. The monoisotopic (exact) mass is 474 g/mol. The van der Waals surface area contributed by atoms with Crippen LogP contribution in [0.4, 0.5) is 5.69 Å². The van der Waals surface area contributed by atoms with E-state index in [9.17, 15) is 13.2 Å². The number of sulfonamides is 1. The van der Waals surface area contributed by atoms with Gasteiger partial charge in [-0.05, 0) is 55.7 Å². The van der Waals surface area contributed by atoms with Crippen LogP contribution in [0, 0.1) is 19.8 Å². The fraction of sp³-hybridized carbons (Fsp3) is 0.318. The number of amides is 1. The lowest BCUT2D eigenvalue weighted by molar-refractivity contribution is -0.120. The normalized spacial score (nSPS) is 15.6. The first-order valence-electron chi connectivity index (χ1n) is 10.2. The number of carbonyl (C=O) groups is 1. The number of hydrogen-bond donors (Lipinski definition) is 1. The molecular formula is C22H23ClN4O4S. The van der Waals surface area contributed by atoms with Gasteiger partial charge in [-0.2, -0.15) is 9.29 Å². The molecule has 8 nitrogen and oxygen atoms in total. The van der Waals surface area contributed by atoms with Crippen LogP contribution in [0.3, 0.4) is 0 Å². The van der Waals surface area contributed by atoms with E-state index in [0.717, 1.165) is 11.3 Å². The number of hydrogen-bond acceptors (Lipinski definition) is 6. The minimum absolute atomic E-state index is 0.0122. The Bertz CT molecular complexity index is 1250. The summed E-state index contributed by atoms with van der Waals surface area (Å²) in [6.07, 6.45) is 0.858. The molecule has 1 fully saturated rings. The Morgan fingerprint density at radius 3 is 2.56 bits per heavy atom. The topological polar surface area (TPSA) is 105 Å². The molecule has 1 saturated heterocycles. The van der Waals surface area contributed by atoms with E-state index >= 15 is 0 Å². The molecular weight excluding hydrogens is 452 g/mol. The number of nitrogens with one attached hydrogen (secondary N) is 1. The molecule has 0 bridgehead atoms. The maximum Gasteiger partial charge on any atom is 0.244 e. The van der Waals surface area contributed by atoms with Gasteiger partial charge in [-0.15, -0.1) is 0 Å². The third-order valence-electron chi connectivity index (χ3n) is 5.45. The Morgan fingerprint density at radius 2 is 1.91 bits per heavy atom. The van der Waals surface area contributed by atoms with E-state index in [1.165, 1.54) is 16.4 Å². The van der Waals surface area contributed by atoms with E-state index in [1.54, 1.807) is 13.0 Å². The van der Waals surface area contributed by atoms with Crippen LogP contribution in [-0.4, -0.2) is 41.9 Å². The van der Waals surface area contributed by atoms with Crippen molar-refractivity contribution in [2.45, 2.75) is 31.6 Å². The van der Waals surface area contributed by atoms with Crippen LogP contribution in [0.2, 0.25) is 5.02 Å². The van der Waals surface area contributed by atoms with Gasteiger partial charge < -0.3 is 9.84 Å². The summed E-state index contributed by atoms with van der Waals surface area (Å²) >= 11 is 6.24. The average molecular weight is 475 g/mol. The van der Waals surface area contributed by atoms with Crippen molar-refractivity contribution in [1.82, 2.24) is 14.4 Å². The number of benzene rings is 2. The van der Waals surface area contributed by atoms with Gasteiger partial charge in [0, 0.05) is 37.2 Å². The highest BCUT2D eigenvalue weighted by Crippen LogP contribution is 2.31. The summed E-state index contributed by atoms with van der Waals surface area (Å²) in [6.45, 7) is 4.08. The van der Waals surface area contributed by atoms with Gasteiger partial charge in [0.15, 0.2) is 0 Å². The number of rotatable bonds is 5. The second-order valence-electron chi connectivity index (χ2n) is 7.82. The average Bonchev–Trinajstić information content (AvgIpc) is 3.20. The molecule has 0 unspecified atom stereocenters. The van der Waals surface area contributed by atoms with Crippen molar-refractivity contribution in [2.75, 3.05) is 18.4 Å². The van der Waals surface area contributed by atoms with Crippen LogP contribution in [0.1, 0.15) is 24.3 Å². The van der Waals surface area contributed by atoms with Gasteiger partial charge in [0.1, 0.15) is 4.90 Å². The van der Waals surface area contributed by atoms with Crippen molar-refractivity contribution < 1.29 is 17.7 Å². The minimum Gasteiger partial charge on any atom is -0.339 e. The van der Waals surface area contributed by atoms with Crippen LogP contribution in [-0.2, 0) is 14.8 Å². The molecule has 0 atom stereocenters. The zero-order chi connectivity index (χ0) is 22.9. The molecule has 32 heavy (non-hydrogen) atoms. The van der Waals surface area contributed by atoms with E-state index < -0.39 is 10.0 Å². The van der Waals surface area contributed by atoms with Crippen molar-refractivity contribution in [3.8, 4) is 11.4 Å². The molecule has 4 rings (SSSR count). The number of aromatic nitrogens is 2. The Morgan fingerprint density at radius 1 is 1.16 bits per heavy atom. The molecule has 0 radical (unpaired) electrons. The number of nitrogens with zero attached hydrogens (tertiary/aromatic N) is 3. The molecule has 1 amide bonds. The molecule has 0 saturated carbocycles. The fourth-order valence-corrected chi connectivity index (χ4v) is 5.69. The Labute approximate surface area is 191 Å². The summed E-state index contributed by atoms with van der Waals surface area (Å²) in [7, 11) is -3.85. The third kappa shape index (κ3) is 4.69. The highest BCUT2D eigenvalue weighted by atomic mass is 35.5. The third-order valence-corrected chi connectivity index (χ3v) is 7.83. The van der Waals surface area contributed by atoms with E-state index in [0.29, 0.717) is 30.1 Å². The summed E-state index contributed by atoms with van der Waals surface area (Å²) in [4.78, 5) is 16.8. The Balaban J connectivity index is 1.46. The molecule has 10 heteroatoms. The van der Waals surface area contributed by atoms with E-state index in [1.807, 2.05) is 31.2 Å². The number of halogens is 1. The van der Waals surface area contributed by atoms with Gasteiger partial charge >= 0.3 is 0 Å². The smallest absolute Gasteiger partial charge is 0.244 e. The molecule has 0 spiro atoms. The molecule has 1 aliphatic heterocycles. The highest BCUT2D eigenvalue weighted by molar-refractivity contribution is 7.89. The second-order valence-corrected chi connectivity index (χ2v) is 10.1. The van der Waals surface area contributed by atoms with Gasteiger partial charge in [-0.25, -0.2) is 8.42 Å². The van der Waals surface area contributed by atoms with E-state index in [4.69, 9.17) is 16.1 Å². The summed E-state index contributed by atoms with van der Waals surface area (Å²) in [5, 5.41) is 6.88. The molecule has 2 heterocycles. The fourth-order valence-electron chi connectivity index (χ4n) is 3.72. The van der Waals surface area contributed by atoms with Crippen molar-refractivity contribution >= 4 is 33.2 Å². The summed E-state index contributed by atoms with van der Waals surface area (Å²) < 4.78 is 32.9. The van der Waals surface area contributed by atoms with Crippen molar-refractivity contribution in [1.29, 1.82) is 0 Å². The number of piperidine rings is 1. The molecule has 1 aliphatic rings. The molecule has 1 aromatic heterocycles. The summed E-state index contributed by atoms with van der Waals surface area (Å²) in [5.41, 5.74) is 2.29. The highest BCUT2D eigenvalue weighted by Gasteiger charge is 2.33. The van der Waals surface area contributed by atoms with Crippen molar-refractivity contribution in [2.24, 2.45) is 5.92 Å². The van der Waals surface area contributed by atoms with Crippen molar-refractivity contribution in [3.05, 3.63) is 58.9 Å². The Kier molecular flexibility index (Phi) is 6.32. The molecule has 2 aromatic carbocycles. The standard InChI is InChI=1S/C22H23ClN4O4S/c1-14-4-3-5-18(12-14)25-22(28)16-8-10-27(11-9-16)32(29,30)20-13-17(6-7-19(20)23)21-24-15(2)31-26-21/h3-7,12-13,16H,8-11H2,1-2H3,(H,25,28). The van der Waals surface area contributed by atoms with E-state index in [2.05, 4.69) is 15.5 Å². The predicted octanol–water partition coefficient (Wildman–Crippen LogP) is 4.05. The van der Waals surface area contributed by atoms with Gasteiger partial charge in [0.25, 0.3) is 0 Å². The van der Waals surface area contributed by atoms with Gasteiger partial charge in [0.2, 0.25) is 27.6 Å². The zero-order valence-electron chi connectivity index (χ0n) is 17.7. The minimum atomic E-state index is -3.85. The van der Waals surface area contributed by atoms with Crippen LogP contribution in [0.15, 0.2) is 51.9 Å². The maximum absolute atomic E-state index is 13.3. The Hall–Kier alpha value is -2.75. The van der Waals surface area contributed by atoms with Gasteiger partial charge in [-0.1, -0.05) is 28.9 Å². The summed E-state index contributed by atoms with van der Waals surface area (Å²) in [5.74, 6) is 0.318. The van der Waals surface area contributed by atoms with Crippen LogP contribution < -0.4 is 5.32 Å². The lowest BCUT2D eigenvalue weighted by Crippen LogP contribution is -2.41. The van der Waals surface area contributed by atoms with Crippen LogP contribution in [0.5, 0.6) is 0 Å². The lowest BCUT2D eigenvalue weighted by Gasteiger charge is -2.30. The van der Waals surface area contributed by atoms with E-state index in [-0.39, 0.29) is 34.8 Å². The van der Waals surface area contributed by atoms with Crippen LogP contribution >= 0.6 is 11.6 Å². The first kappa shape index (κ1) is 22.4. The SMILES string of the molecule is Cc1cccc(NC(=O)C2CCN(S(=O)(=O)c3cc(-c4noc(C)n4)ccc3Cl)CC2)c1. The molecule has 3 aromatic rings. The first-order valence-corrected chi connectivity index (χ1v) is 12.0. The molecule has 1 N–H and O–H groups in total.